The van der Waals surface area contributed by atoms with Gasteiger partial charge in [0.1, 0.15) is 5.75 Å². The SMILES string of the molecule is CCCCC(=O)C(C#N)C(=O)Cc1cccc(OC(C)C)c1. The molecule has 0 amide bonds. The summed E-state index contributed by atoms with van der Waals surface area (Å²) in [6, 6.07) is 9.06. The maximum absolute atomic E-state index is 12.2. The molecule has 0 N–H and O–H groups in total. The van der Waals surface area contributed by atoms with Gasteiger partial charge in [-0.05, 0) is 38.0 Å². The van der Waals surface area contributed by atoms with Gasteiger partial charge in [-0.15, -0.1) is 0 Å². The summed E-state index contributed by atoms with van der Waals surface area (Å²) in [5.74, 6) is -1.08. The quantitative estimate of drug-likeness (QED) is 0.655. The fourth-order valence-electron chi connectivity index (χ4n) is 2.12. The normalized spacial score (nSPS) is 11.8. The topological polar surface area (TPSA) is 67.2 Å². The maximum Gasteiger partial charge on any atom is 0.163 e. The third-order valence-corrected chi connectivity index (χ3v) is 3.20. The molecule has 0 aromatic heterocycles. The van der Waals surface area contributed by atoms with Crippen LogP contribution in [0.3, 0.4) is 0 Å². The van der Waals surface area contributed by atoms with Crippen LogP contribution in [0.5, 0.6) is 5.75 Å². The number of hydrogen-bond donors (Lipinski definition) is 0. The molecule has 0 saturated carbocycles. The Kier molecular flexibility index (Phi) is 7.31. The van der Waals surface area contributed by atoms with Gasteiger partial charge in [-0.2, -0.15) is 5.26 Å². The minimum absolute atomic E-state index is 0.0495. The molecular formula is C18H23NO3. The van der Waals surface area contributed by atoms with E-state index in [-0.39, 0.29) is 30.5 Å². The first-order valence-corrected chi connectivity index (χ1v) is 7.68. The number of carbonyl (C=O) groups excluding carboxylic acids is 2. The summed E-state index contributed by atoms with van der Waals surface area (Å²) in [5.41, 5.74) is 0.756. The average Bonchev–Trinajstić information content (AvgIpc) is 2.45. The van der Waals surface area contributed by atoms with Crippen LogP contribution < -0.4 is 4.74 Å². The van der Waals surface area contributed by atoms with E-state index in [1.54, 1.807) is 18.2 Å². The number of nitrogens with zero attached hydrogens (tertiary/aromatic N) is 1. The lowest BCUT2D eigenvalue weighted by molar-refractivity contribution is -0.130. The predicted octanol–water partition coefficient (Wildman–Crippen LogP) is 3.48. The molecule has 22 heavy (non-hydrogen) atoms. The van der Waals surface area contributed by atoms with Crippen molar-refractivity contribution < 1.29 is 14.3 Å². The summed E-state index contributed by atoms with van der Waals surface area (Å²) in [6.45, 7) is 5.82. The minimum Gasteiger partial charge on any atom is -0.491 e. The van der Waals surface area contributed by atoms with Crippen molar-refractivity contribution in [1.29, 1.82) is 5.26 Å². The monoisotopic (exact) mass is 301 g/mol. The zero-order chi connectivity index (χ0) is 16.5. The molecule has 1 aromatic carbocycles. The van der Waals surface area contributed by atoms with E-state index in [4.69, 9.17) is 10.00 Å². The van der Waals surface area contributed by atoms with Gasteiger partial charge in [-0.3, -0.25) is 9.59 Å². The van der Waals surface area contributed by atoms with E-state index in [0.717, 1.165) is 12.0 Å². The van der Waals surface area contributed by atoms with E-state index in [1.165, 1.54) is 0 Å². The number of unbranched alkanes of at least 4 members (excludes halogenated alkanes) is 1. The highest BCUT2D eigenvalue weighted by atomic mass is 16.5. The summed E-state index contributed by atoms with van der Waals surface area (Å²) < 4.78 is 5.58. The smallest absolute Gasteiger partial charge is 0.163 e. The molecule has 4 nitrogen and oxygen atoms in total. The van der Waals surface area contributed by atoms with Crippen LogP contribution in [0.25, 0.3) is 0 Å². The number of benzene rings is 1. The van der Waals surface area contributed by atoms with E-state index >= 15 is 0 Å². The summed E-state index contributed by atoms with van der Waals surface area (Å²) in [6.07, 6.45) is 1.99. The molecule has 1 rings (SSSR count). The maximum atomic E-state index is 12.2. The molecule has 0 radical (unpaired) electrons. The molecule has 0 saturated heterocycles. The Morgan fingerprint density at radius 3 is 2.59 bits per heavy atom. The second kappa shape index (κ2) is 8.99. The van der Waals surface area contributed by atoms with Crippen molar-refractivity contribution in [1.82, 2.24) is 0 Å². The third kappa shape index (κ3) is 5.69. The lowest BCUT2D eigenvalue weighted by Crippen LogP contribution is -2.24. The van der Waals surface area contributed by atoms with Crippen molar-refractivity contribution >= 4 is 11.6 Å². The van der Waals surface area contributed by atoms with Gasteiger partial charge in [0, 0.05) is 12.8 Å². The molecule has 1 atom stereocenters. The molecule has 4 heteroatoms. The predicted molar refractivity (Wildman–Crippen MR) is 84.6 cm³/mol. The van der Waals surface area contributed by atoms with E-state index in [9.17, 15) is 9.59 Å². The average molecular weight is 301 g/mol. The van der Waals surface area contributed by atoms with Gasteiger partial charge in [0.25, 0.3) is 0 Å². The Bertz CT molecular complexity index is 558. The molecule has 0 fully saturated rings. The molecule has 1 unspecified atom stereocenters. The molecule has 0 spiro atoms. The zero-order valence-corrected chi connectivity index (χ0v) is 13.5. The zero-order valence-electron chi connectivity index (χ0n) is 13.5. The van der Waals surface area contributed by atoms with Crippen molar-refractivity contribution in [3.63, 3.8) is 0 Å². The molecule has 0 heterocycles. The Morgan fingerprint density at radius 2 is 2.00 bits per heavy atom. The summed E-state index contributed by atoms with van der Waals surface area (Å²) >= 11 is 0. The van der Waals surface area contributed by atoms with Crippen molar-refractivity contribution in [2.45, 2.75) is 52.6 Å². The lowest BCUT2D eigenvalue weighted by atomic mass is 9.93. The second-order valence-electron chi connectivity index (χ2n) is 5.59. The minimum atomic E-state index is -1.15. The standard InChI is InChI=1S/C18H23NO3/c1-4-5-9-17(20)16(12-19)18(21)11-14-7-6-8-15(10-14)22-13(2)3/h6-8,10,13,16H,4-5,9,11H2,1-3H3. The van der Waals surface area contributed by atoms with Gasteiger partial charge in [0.2, 0.25) is 0 Å². The van der Waals surface area contributed by atoms with Crippen LogP contribution in [0.1, 0.15) is 45.6 Å². The van der Waals surface area contributed by atoms with Crippen molar-refractivity contribution in [2.24, 2.45) is 5.92 Å². The molecule has 0 aliphatic carbocycles. The van der Waals surface area contributed by atoms with Gasteiger partial charge in [0.05, 0.1) is 12.2 Å². The van der Waals surface area contributed by atoms with Gasteiger partial charge < -0.3 is 4.74 Å². The van der Waals surface area contributed by atoms with Crippen LogP contribution in [-0.2, 0) is 16.0 Å². The molecular weight excluding hydrogens is 278 g/mol. The largest absolute Gasteiger partial charge is 0.491 e. The molecule has 0 aliphatic heterocycles. The van der Waals surface area contributed by atoms with Gasteiger partial charge in [0.15, 0.2) is 17.5 Å². The molecule has 118 valence electrons. The number of rotatable bonds is 9. The van der Waals surface area contributed by atoms with Crippen LogP contribution in [0.2, 0.25) is 0 Å². The van der Waals surface area contributed by atoms with Crippen molar-refractivity contribution in [3.8, 4) is 11.8 Å². The Morgan fingerprint density at radius 1 is 1.27 bits per heavy atom. The third-order valence-electron chi connectivity index (χ3n) is 3.20. The Balaban J connectivity index is 2.74. The summed E-state index contributed by atoms with van der Waals surface area (Å²) in [7, 11) is 0. The van der Waals surface area contributed by atoms with Crippen LogP contribution in [0.4, 0.5) is 0 Å². The molecule has 0 bridgehead atoms. The van der Waals surface area contributed by atoms with E-state index < -0.39 is 5.92 Å². The van der Waals surface area contributed by atoms with Crippen molar-refractivity contribution in [2.75, 3.05) is 0 Å². The van der Waals surface area contributed by atoms with Gasteiger partial charge in [-0.25, -0.2) is 0 Å². The van der Waals surface area contributed by atoms with Gasteiger partial charge in [-0.1, -0.05) is 25.5 Å². The van der Waals surface area contributed by atoms with Crippen LogP contribution in [0, 0.1) is 17.2 Å². The Labute approximate surface area is 132 Å². The fourth-order valence-corrected chi connectivity index (χ4v) is 2.12. The van der Waals surface area contributed by atoms with E-state index in [0.29, 0.717) is 12.2 Å². The number of hydrogen-bond acceptors (Lipinski definition) is 4. The van der Waals surface area contributed by atoms with Crippen molar-refractivity contribution in [3.05, 3.63) is 29.8 Å². The first kappa shape index (κ1) is 17.9. The van der Waals surface area contributed by atoms with Gasteiger partial charge >= 0.3 is 0 Å². The highest BCUT2D eigenvalue weighted by Gasteiger charge is 2.25. The van der Waals surface area contributed by atoms with E-state index in [2.05, 4.69) is 0 Å². The number of Topliss-reactive ketones (excluding diaryl/α,β-unsaturated/α-hetero) is 2. The molecule has 1 aromatic rings. The second-order valence-corrected chi connectivity index (χ2v) is 5.59. The number of ketones is 2. The van der Waals surface area contributed by atoms with Crippen LogP contribution >= 0.6 is 0 Å². The highest BCUT2D eigenvalue weighted by Crippen LogP contribution is 2.17. The first-order chi connectivity index (χ1) is 10.5. The highest BCUT2D eigenvalue weighted by molar-refractivity contribution is 6.05. The fraction of sp³-hybridized carbons (Fsp3) is 0.500. The van der Waals surface area contributed by atoms with Crippen LogP contribution in [0.15, 0.2) is 24.3 Å². The lowest BCUT2D eigenvalue weighted by Gasteiger charge is -2.11. The molecule has 0 aliphatic rings. The Hall–Kier alpha value is -2.15. The number of ether oxygens (including phenoxy) is 1. The first-order valence-electron chi connectivity index (χ1n) is 7.68. The number of nitriles is 1. The summed E-state index contributed by atoms with van der Waals surface area (Å²) in [5, 5.41) is 9.10. The summed E-state index contributed by atoms with van der Waals surface area (Å²) in [4.78, 5) is 24.1. The number of carbonyl (C=O) groups is 2. The van der Waals surface area contributed by atoms with E-state index in [1.807, 2.05) is 32.9 Å². The van der Waals surface area contributed by atoms with Crippen LogP contribution in [-0.4, -0.2) is 17.7 Å².